The van der Waals surface area contributed by atoms with Crippen LogP contribution in [0.3, 0.4) is 0 Å². The first kappa shape index (κ1) is 64.3. The monoisotopic (exact) mass is 888 g/mol. The molecule has 0 saturated heterocycles. The minimum atomic E-state index is -5.01. The molecular formula is C40H74Na2O14S2. The Morgan fingerprint density at radius 2 is 0.655 bits per heavy atom. The Kier molecular flexibility index (Phi) is 42.6. The van der Waals surface area contributed by atoms with Crippen molar-refractivity contribution in [3.05, 3.63) is 0 Å². The van der Waals surface area contributed by atoms with Gasteiger partial charge in [0.1, 0.15) is 20.2 Å². The Labute approximate surface area is 395 Å². The molecule has 0 bridgehead atoms. The van der Waals surface area contributed by atoms with Gasteiger partial charge in [-0.2, -0.15) is 0 Å². The largest absolute Gasteiger partial charge is 1.00 e. The molecule has 0 fully saturated rings. The summed E-state index contributed by atoms with van der Waals surface area (Å²) < 4.78 is 89.1. The molecule has 0 N–H and O–H groups in total. The van der Waals surface area contributed by atoms with E-state index in [2.05, 4.69) is 27.7 Å². The molecule has 0 rings (SSSR count). The van der Waals surface area contributed by atoms with Crippen molar-refractivity contribution in [2.45, 2.75) is 181 Å². The first-order valence-electron chi connectivity index (χ1n) is 20.9. The normalized spacial score (nSPS) is 14.4. The molecule has 0 aliphatic carbocycles. The summed E-state index contributed by atoms with van der Waals surface area (Å²) in [5.41, 5.74) is 0. The van der Waals surface area contributed by atoms with Crippen molar-refractivity contribution in [2.75, 3.05) is 26.4 Å². The Morgan fingerprint density at radius 3 is 0.845 bits per heavy atom. The zero-order chi connectivity index (χ0) is 43.2. The molecule has 0 aliphatic rings. The maximum Gasteiger partial charge on any atom is 1.00 e. The average molecular weight is 889 g/mol. The van der Waals surface area contributed by atoms with Crippen LogP contribution in [-0.2, 0) is 58.4 Å². The van der Waals surface area contributed by atoms with E-state index in [1.165, 1.54) is 0 Å². The summed E-state index contributed by atoms with van der Waals surface area (Å²) in [6, 6.07) is 0. The third-order valence-electron chi connectivity index (χ3n) is 9.98. The average Bonchev–Trinajstić information content (AvgIpc) is 3.15. The molecule has 0 aromatic rings. The second-order valence-electron chi connectivity index (χ2n) is 14.7. The summed E-state index contributed by atoms with van der Waals surface area (Å²) in [6.07, 6.45) is 13.2. The van der Waals surface area contributed by atoms with Gasteiger partial charge < -0.3 is 28.1 Å². The Balaban J connectivity index is -0.000000486. The van der Waals surface area contributed by atoms with Gasteiger partial charge in [-0.1, -0.05) is 132 Å². The molecule has 0 heterocycles. The van der Waals surface area contributed by atoms with Crippen molar-refractivity contribution in [3.63, 3.8) is 0 Å². The molecule has 0 aliphatic heterocycles. The van der Waals surface area contributed by atoms with Crippen molar-refractivity contribution < 1.29 is 123 Å². The SMILES string of the molecule is CCCCC(CC)COC(=O)CC(C(=O)OCC(CC)CCCC)S(=O)(=O)[O-].CCCCC(CC)COC(=O)CC(C(=O)OCC(CC)CCCC)S(=O)(=O)[O-].[Na+].[Na+]. The number of carbonyl (C=O) groups is 4. The van der Waals surface area contributed by atoms with Gasteiger partial charge in [-0.25, -0.2) is 16.8 Å². The van der Waals surface area contributed by atoms with Gasteiger partial charge in [0.05, 0.1) is 39.3 Å². The van der Waals surface area contributed by atoms with Gasteiger partial charge >= 0.3 is 83.0 Å². The van der Waals surface area contributed by atoms with E-state index in [4.69, 9.17) is 18.9 Å². The second-order valence-corrected chi connectivity index (χ2v) is 17.8. The van der Waals surface area contributed by atoms with Crippen LogP contribution in [0.25, 0.3) is 0 Å². The third-order valence-corrected chi connectivity index (χ3v) is 12.1. The number of ether oxygens (including phenoxy) is 4. The quantitative estimate of drug-likeness (QED) is 0.0406. The fourth-order valence-electron chi connectivity index (χ4n) is 5.63. The molecule has 0 saturated carbocycles. The predicted octanol–water partition coefficient (Wildman–Crippen LogP) is 1.63. The third kappa shape index (κ3) is 32.4. The predicted molar refractivity (Wildman–Crippen MR) is 213 cm³/mol. The molecule has 0 aromatic heterocycles. The molecule has 6 atom stereocenters. The van der Waals surface area contributed by atoms with Crippen LogP contribution < -0.4 is 59.1 Å². The van der Waals surface area contributed by atoms with Gasteiger partial charge in [0.15, 0.2) is 10.5 Å². The number of hydrogen-bond donors (Lipinski definition) is 0. The number of hydrogen-bond acceptors (Lipinski definition) is 14. The van der Waals surface area contributed by atoms with E-state index in [-0.39, 0.29) is 109 Å². The van der Waals surface area contributed by atoms with Crippen LogP contribution in [0.2, 0.25) is 0 Å². The summed E-state index contributed by atoms with van der Waals surface area (Å²) in [6.45, 7) is 16.5. The van der Waals surface area contributed by atoms with E-state index in [1.54, 1.807) is 0 Å². The van der Waals surface area contributed by atoms with Gasteiger partial charge in [-0.15, -0.1) is 0 Å². The van der Waals surface area contributed by atoms with Gasteiger partial charge in [-0.3, -0.25) is 19.2 Å². The van der Waals surface area contributed by atoms with Crippen LogP contribution in [0.5, 0.6) is 0 Å². The molecule has 14 nitrogen and oxygen atoms in total. The van der Waals surface area contributed by atoms with E-state index in [1.807, 2.05) is 27.7 Å². The fourth-order valence-corrected chi connectivity index (χ4v) is 6.91. The molecule has 18 heteroatoms. The standard InChI is InChI=1S/2C20H38O7S.2Na/c2*1-5-9-11-16(7-3)14-26-19(21)13-18(28(23,24)25)20(22)27-15-17(8-4)12-10-6-2;;/h2*16-18H,5-15H2,1-4H3,(H,23,24,25);;/q;;2*+1/p-2. The van der Waals surface area contributed by atoms with Crippen molar-refractivity contribution in [2.24, 2.45) is 23.7 Å². The van der Waals surface area contributed by atoms with E-state index in [9.17, 15) is 45.1 Å². The Morgan fingerprint density at radius 1 is 0.431 bits per heavy atom. The smallest absolute Gasteiger partial charge is 0.747 e. The van der Waals surface area contributed by atoms with Crippen LogP contribution in [0.4, 0.5) is 0 Å². The van der Waals surface area contributed by atoms with Crippen molar-refractivity contribution in [1.29, 1.82) is 0 Å². The van der Waals surface area contributed by atoms with Crippen LogP contribution >= 0.6 is 0 Å². The maximum absolute atomic E-state index is 12.1. The summed E-state index contributed by atoms with van der Waals surface area (Å²) >= 11 is 0. The van der Waals surface area contributed by atoms with E-state index >= 15 is 0 Å². The summed E-state index contributed by atoms with van der Waals surface area (Å²) in [5.74, 6) is -3.49. The minimum absolute atomic E-state index is 0. The van der Waals surface area contributed by atoms with E-state index in [0.717, 1.165) is 103 Å². The zero-order valence-electron chi connectivity index (χ0n) is 37.6. The first-order chi connectivity index (χ1) is 26.4. The molecule has 0 aromatic carbocycles. The number of carbonyl (C=O) groups excluding carboxylic acids is 4. The molecule has 0 radical (unpaired) electrons. The van der Waals surface area contributed by atoms with E-state index < -0.39 is 67.5 Å². The van der Waals surface area contributed by atoms with Crippen molar-refractivity contribution in [1.82, 2.24) is 0 Å². The molecule has 0 amide bonds. The molecule has 0 spiro atoms. The second kappa shape index (κ2) is 38.4. The van der Waals surface area contributed by atoms with Crippen molar-refractivity contribution in [3.8, 4) is 0 Å². The van der Waals surface area contributed by atoms with Gasteiger partial charge in [0, 0.05) is 0 Å². The molecule has 6 unspecified atom stereocenters. The number of unbranched alkanes of at least 4 members (excludes halogenated alkanes) is 4. The minimum Gasteiger partial charge on any atom is -0.747 e. The summed E-state index contributed by atoms with van der Waals surface area (Å²) in [5, 5.41) is -4.11. The maximum atomic E-state index is 12.1. The summed E-state index contributed by atoms with van der Waals surface area (Å²) in [7, 11) is -10.0. The van der Waals surface area contributed by atoms with E-state index in [0.29, 0.717) is 0 Å². The Bertz CT molecular complexity index is 1200. The molecule has 58 heavy (non-hydrogen) atoms. The van der Waals surface area contributed by atoms with Gasteiger partial charge in [0.25, 0.3) is 0 Å². The van der Waals surface area contributed by atoms with Crippen LogP contribution in [0.15, 0.2) is 0 Å². The van der Waals surface area contributed by atoms with Crippen molar-refractivity contribution >= 4 is 44.1 Å². The van der Waals surface area contributed by atoms with Crippen LogP contribution in [0.1, 0.15) is 171 Å². The summed E-state index contributed by atoms with van der Waals surface area (Å²) in [4.78, 5) is 48.3. The fraction of sp³-hybridized carbons (Fsp3) is 0.900. The molecular weight excluding hydrogens is 815 g/mol. The molecule has 332 valence electrons. The zero-order valence-corrected chi connectivity index (χ0v) is 43.2. The Hall–Kier alpha value is -0.300. The topological polar surface area (TPSA) is 220 Å². The van der Waals surface area contributed by atoms with Gasteiger partial charge in [0.2, 0.25) is 0 Å². The first-order valence-corrected chi connectivity index (χ1v) is 23.9. The van der Waals surface area contributed by atoms with Crippen LogP contribution in [0, 0.1) is 23.7 Å². The van der Waals surface area contributed by atoms with Crippen LogP contribution in [-0.4, -0.2) is 86.7 Å². The number of esters is 4. The number of rotatable bonds is 32. The van der Waals surface area contributed by atoms with Gasteiger partial charge in [-0.05, 0) is 49.4 Å².